The molecule has 3 aromatic rings. The van der Waals surface area contributed by atoms with Crippen molar-refractivity contribution in [1.29, 1.82) is 0 Å². The summed E-state index contributed by atoms with van der Waals surface area (Å²) >= 11 is 0. The van der Waals surface area contributed by atoms with E-state index in [1.54, 1.807) is 12.1 Å². The number of hydrogen-bond acceptors (Lipinski definition) is 6. The van der Waals surface area contributed by atoms with E-state index in [0.29, 0.717) is 17.9 Å². The van der Waals surface area contributed by atoms with E-state index < -0.39 is 10.0 Å². The smallest absolute Gasteiger partial charge is 0.244 e. The average Bonchev–Trinajstić information content (AvgIpc) is 3.06. The first-order valence-electron chi connectivity index (χ1n) is 9.18. The number of sulfonamides is 1. The van der Waals surface area contributed by atoms with Gasteiger partial charge >= 0.3 is 0 Å². The second kappa shape index (κ2) is 8.67. The van der Waals surface area contributed by atoms with Gasteiger partial charge in [-0.1, -0.05) is 17.3 Å². The van der Waals surface area contributed by atoms with Gasteiger partial charge in [0.05, 0.1) is 19.4 Å². The zero-order valence-electron chi connectivity index (χ0n) is 16.9. The fourth-order valence-electron chi connectivity index (χ4n) is 2.84. The Morgan fingerprint density at radius 3 is 2.41 bits per heavy atom. The summed E-state index contributed by atoms with van der Waals surface area (Å²) in [6.07, 6.45) is 0. The Kier molecular flexibility index (Phi) is 6.24. The van der Waals surface area contributed by atoms with E-state index in [-0.39, 0.29) is 17.2 Å². The number of methoxy groups -OCH3 is 1. The highest BCUT2D eigenvalue weighted by Gasteiger charge is 2.22. The van der Waals surface area contributed by atoms with Crippen molar-refractivity contribution in [2.45, 2.75) is 32.2 Å². The summed E-state index contributed by atoms with van der Waals surface area (Å²) in [5.74, 6) is 1.53. The van der Waals surface area contributed by atoms with Crippen LogP contribution in [-0.2, 0) is 16.6 Å². The lowest BCUT2D eigenvalue weighted by atomic mass is 10.1. The fourth-order valence-corrected chi connectivity index (χ4v) is 4.05. The quantitative estimate of drug-likeness (QED) is 0.600. The van der Waals surface area contributed by atoms with Crippen LogP contribution in [0.5, 0.6) is 11.5 Å². The predicted molar refractivity (Wildman–Crippen MR) is 110 cm³/mol. The van der Waals surface area contributed by atoms with Gasteiger partial charge in [-0.25, -0.2) is 13.1 Å². The van der Waals surface area contributed by atoms with Crippen molar-refractivity contribution in [3.05, 3.63) is 59.3 Å². The molecule has 0 atom stereocenters. The highest BCUT2D eigenvalue weighted by atomic mass is 32.2. The average molecular weight is 416 g/mol. The maximum absolute atomic E-state index is 13.0. The molecule has 0 radical (unpaired) electrons. The Morgan fingerprint density at radius 2 is 1.83 bits per heavy atom. The summed E-state index contributed by atoms with van der Waals surface area (Å²) in [5, 5.41) is 3.94. The summed E-state index contributed by atoms with van der Waals surface area (Å²) in [5.41, 5.74) is 3.05. The van der Waals surface area contributed by atoms with Crippen LogP contribution in [-0.4, -0.2) is 27.3 Å². The van der Waals surface area contributed by atoms with E-state index in [0.717, 1.165) is 22.6 Å². The zero-order valence-corrected chi connectivity index (χ0v) is 17.7. The van der Waals surface area contributed by atoms with Gasteiger partial charge in [-0.05, 0) is 56.7 Å². The Bertz CT molecular complexity index is 1090. The van der Waals surface area contributed by atoms with Gasteiger partial charge in [0.2, 0.25) is 10.0 Å². The topological polar surface area (TPSA) is 90.7 Å². The molecule has 1 heterocycles. The highest BCUT2D eigenvalue weighted by Crippen LogP contribution is 2.32. The molecule has 29 heavy (non-hydrogen) atoms. The van der Waals surface area contributed by atoms with E-state index in [1.165, 1.54) is 13.2 Å². The molecule has 3 rings (SSSR count). The lowest BCUT2D eigenvalue weighted by molar-refractivity contribution is 0.340. The van der Waals surface area contributed by atoms with Gasteiger partial charge in [0, 0.05) is 17.7 Å². The summed E-state index contributed by atoms with van der Waals surface area (Å²) in [7, 11) is -2.39. The Hall–Kier alpha value is -2.84. The SMILES string of the molecule is CCOc1ccc(CNS(=O)(=O)c2cc(-c3onc(C)c3C)ccc2OC)cc1. The van der Waals surface area contributed by atoms with Crippen molar-refractivity contribution >= 4 is 10.0 Å². The van der Waals surface area contributed by atoms with Crippen molar-refractivity contribution < 1.29 is 22.4 Å². The number of nitrogens with zero attached hydrogens (tertiary/aromatic N) is 1. The third-order valence-electron chi connectivity index (χ3n) is 4.57. The molecule has 0 bridgehead atoms. The number of rotatable bonds is 8. The Morgan fingerprint density at radius 1 is 1.10 bits per heavy atom. The third-order valence-corrected chi connectivity index (χ3v) is 6.00. The van der Waals surface area contributed by atoms with Gasteiger partial charge in [-0.15, -0.1) is 0 Å². The lowest BCUT2D eigenvalue weighted by Gasteiger charge is -2.12. The summed E-state index contributed by atoms with van der Waals surface area (Å²) in [4.78, 5) is 0.0388. The molecule has 0 saturated heterocycles. The van der Waals surface area contributed by atoms with Gasteiger partial charge in [-0.3, -0.25) is 0 Å². The molecule has 0 aliphatic heterocycles. The molecule has 0 spiro atoms. The standard InChI is InChI=1S/C21H24N2O5S/c1-5-27-18-9-6-16(7-10-18)13-22-29(24,25)20-12-17(8-11-19(20)26-4)21-14(2)15(3)23-28-21/h6-12,22H,5,13H2,1-4H3. The van der Waals surface area contributed by atoms with Crippen LogP contribution >= 0.6 is 0 Å². The number of aryl methyl sites for hydroxylation is 1. The molecular formula is C21H24N2O5S. The first-order chi connectivity index (χ1) is 13.9. The lowest BCUT2D eigenvalue weighted by Crippen LogP contribution is -2.23. The summed E-state index contributed by atoms with van der Waals surface area (Å²) in [6.45, 7) is 6.34. The van der Waals surface area contributed by atoms with Crippen molar-refractivity contribution in [3.63, 3.8) is 0 Å². The Balaban J connectivity index is 1.86. The van der Waals surface area contributed by atoms with Crippen molar-refractivity contribution in [2.75, 3.05) is 13.7 Å². The van der Waals surface area contributed by atoms with Crippen LogP contribution in [0.15, 0.2) is 51.9 Å². The monoisotopic (exact) mass is 416 g/mol. The van der Waals surface area contributed by atoms with Crippen LogP contribution in [0, 0.1) is 13.8 Å². The maximum Gasteiger partial charge on any atom is 0.244 e. The van der Waals surface area contributed by atoms with Crippen LogP contribution in [0.1, 0.15) is 23.7 Å². The molecule has 0 unspecified atom stereocenters. The van der Waals surface area contributed by atoms with Crippen LogP contribution in [0.4, 0.5) is 0 Å². The molecule has 7 nitrogen and oxygen atoms in total. The van der Waals surface area contributed by atoms with E-state index >= 15 is 0 Å². The van der Waals surface area contributed by atoms with Gasteiger partial charge in [0.1, 0.15) is 16.4 Å². The minimum absolute atomic E-state index is 0.0388. The number of aromatic nitrogens is 1. The molecule has 1 N–H and O–H groups in total. The molecule has 0 aliphatic carbocycles. The van der Waals surface area contributed by atoms with E-state index in [9.17, 15) is 8.42 Å². The van der Waals surface area contributed by atoms with Gasteiger partial charge < -0.3 is 14.0 Å². The minimum atomic E-state index is -3.83. The molecule has 2 aromatic carbocycles. The molecule has 154 valence electrons. The first kappa shape index (κ1) is 20.9. The molecule has 8 heteroatoms. The number of benzene rings is 2. The van der Waals surface area contributed by atoms with Gasteiger partial charge in [0.15, 0.2) is 5.76 Å². The summed E-state index contributed by atoms with van der Waals surface area (Å²) < 4.78 is 44.6. The minimum Gasteiger partial charge on any atom is -0.495 e. The van der Waals surface area contributed by atoms with Crippen LogP contribution in [0.25, 0.3) is 11.3 Å². The second-order valence-electron chi connectivity index (χ2n) is 6.49. The predicted octanol–water partition coefficient (Wildman–Crippen LogP) is 3.84. The summed E-state index contributed by atoms with van der Waals surface area (Å²) in [6, 6.07) is 12.2. The van der Waals surface area contributed by atoms with E-state index in [4.69, 9.17) is 14.0 Å². The molecule has 0 amide bonds. The van der Waals surface area contributed by atoms with Gasteiger partial charge in [-0.2, -0.15) is 0 Å². The van der Waals surface area contributed by atoms with Crippen molar-refractivity contribution in [2.24, 2.45) is 0 Å². The number of hydrogen-bond donors (Lipinski definition) is 1. The first-order valence-corrected chi connectivity index (χ1v) is 10.7. The third kappa shape index (κ3) is 4.60. The van der Waals surface area contributed by atoms with Crippen molar-refractivity contribution in [1.82, 2.24) is 9.88 Å². The van der Waals surface area contributed by atoms with Crippen LogP contribution in [0.3, 0.4) is 0 Å². The second-order valence-corrected chi connectivity index (χ2v) is 8.22. The van der Waals surface area contributed by atoms with Crippen LogP contribution in [0.2, 0.25) is 0 Å². The number of ether oxygens (including phenoxy) is 2. The zero-order chi connectivity index (χ0) is 21.0. The Labute approximate surface area is 170 Å². The van der Waals surface area contributed by atoms with Crippen molar-refractivity contribution in [3.8, 4) is 22.8 Å². The largest absolute Gasteiger partial charge is 0.495 e. The molecule has 0 fully saturated rings. The normalized spacial score (nSPS) is 11.4. The number of nitrogens with one attached hydrogen (secondary N) is 1. The maximum atomic E-state index is 13.0. The van der Waals surface area contributed by atoms with Crippen LogP contribution < -0.4 is 14.2 Å². The molecular weight excluding hydrogens is 392 g/mol. The molecule has 1 aromatic heterocycles. The molecule has 0 aliphatic rings. The fraction of sp³-hybridized carbons (Fsp3) is 0.286. The van der Waals surface area contributed by atoms with Gasteiger partial charge in [0.25, 0.3) is 0 Å². The van der Waals surface area contributed by atoms with E-state index in [2.05, 4.69) is 9.88 Å². The highest BCUT2D eigenvalue weighted by molar-refractivity contribution is 7.89. The van der Waals surface area contributed by atoms with E-state index in [1.807, 2.05) is 45.0 Å². The molecule has 0 saturated carbocycles.